The van der Waals surface area contributed by atoms with Gasteiger partial charge in [-0.2, -0.15) is 5.10 Å². The minimum absolute atomic E-state index is 0.00554. The molecule has 0 aliphatic carbocycles. The average molecular weight is 390 g/mol. The summed E-state index contributed by atoms with van der Waals surface area (Å²) >= 11 is 0. The lowest BCUT2D eigenvalue weighted by Gasteiger charge is -2.21. The number of amides is 1. The highest BCUT2D eigenvalue weighted by Gasteiger charge is 2.22. The molecule has 3 aromatic rings. The van der Waals surface area contributed by atoms with Crippen LogP contribution in [-0.2, 0) is 6.54 Å². The summed E-state index contributed by atoms with van der Waals surface area (Å²) in [6.45, 7) is 4.20. The lowest BCUT2D eigenvalue weighted by Crippen LogP contribution is -2.35. The minimum Gasteiger partial charge on any atom is -0.497 e. The van der Waals surface area contributed by atoms with Crippen LogP contribution in [0.4, 0.5) is 0 Å². The topological polar surface area (TPSA) is 50.6 Å². The number of benzene rings is 2. The van der Waals surface area contributed by atoms with E-state index in [1.54, 1.807) is 17.9 Å². The molecule has 29 heavy (non-hydrogen) atoms. The van der Waals surface area contributed by atoms with E-state index in [1.807, 2.05) is 53.6 Å². The second-order valence-corrected chi connectivity index (χ2v) is 7.25. The first-order valence-electron chi connectivity index (χ1n) is 9.98. The van der Waals surface area contributed by atoms with Crippen LogP contribution in [0.1, 0.15) is 22.5 Å². The molecule has 1 aromatic heterocycles. The molecule has 4 rings (SSSR count). The number of nitrogens with zero attached hydrogens (tertiary/aromatic N) is 4. The number of aromatic nitrogens is 2. The fourth-order valence-corrected chi connectivity index (χ4v) is 3.65. The van der Waals surface area contributed by atoms with Crippen LogP contribution in [0.3, 0.4) is 0 Å². The molecule has 6 nitrogen and oxygen atoms in total. The Kier molecular flexibility index (Phi) is 5.91. The van der Waals surface area contributed by atoms with Gasteiger partial charge >= 0.3 is 0 Å². The van der Waals surface area contributed by atoms with Crippen molar-refractivity contribution >= 4 is 5.91 Å². The number of para-hydroxylation sites is 1. The molecule has 0 unspecified atom stereocenters. The van der Waals surface area contributed by atoms with Crippen molar-refractivity contribution in [1.29, 1.82) is 0 Å². The zero-order valence-corrected chi connectivity index (χ0v) is 16.7. The summed E-state index contributed by atoms with van der Waals surface area (Å²) < 4.78 is 6.98. The maximum atomic E-state index is 13.0. The van der Waals surface area contributed by atoms with E-state index in [-0.39, 0.29) is 5.91 Å². The second-order valence-electron chi connectivity index (χ2n) is 7.25. The first-order chi connectivity index (χ1) is 14.2. The van der Waals surface area contributed by atoms with Gasteiger partial charge in [-0.25, -0.2) is 4.68 Å². The first kappa shape index (κ1) is 19.2. The molecule has 1 fully saturated rings. The molecular formula is C23H26N4O2. The van der Waals surface area contributed by atoms with E-state index in [2.05, 4.69) is 22.1 Å². The second kappa shape index (κ2) is 8.92. The fourth-order valence-electron chi connectivity index (χ4n) is 3.65. The molecule has 1 saturated heterocycles. The lowest BCUT2D eigenvalue weighted by atomic mass is 10.2. The van der Waals surface area contributed by atoms with Crippen molar-refractivity contribution in [3.05, 3.63) is 78.1 Å². The Bertz CT molecular complexity index is 937. The molecule has 0 atom stereocenters. The normalized spacial score (nSPS) is 15.1. The highest BCUT2D eigenvalue weighted by atomic mass is 16.5. The third-order valence-electron chi connectivity index (χ3n) is 5.27. The van der Waals surface area contributed by atoms with Crippen LogP contribution in [0.15, 0.2) is 66.9 Å². The van der Waals surface area contributed by atoms with Crippen LogP contribution < -0.4 is 4.74 Å². The average Bonchev–Trinajstić information content (AvgIpc) is 3.15. The predicted octanol–water partition coefficient (Wildman–Crippen LogP) is 3.23. The molecule has 0 N–H and O–H groups in total. The number of hydrogen-bond acceptors (Lipinski definition) is 4. The van der Waals surface area contributed by atoms with Gasteiger partial charge in [-0.1, -0.05) is 30.3 Å². The van der Waals surface area contributed by atoms with Crippen molar-refractivity contribution in [1.82, 2.24) is 19.6 Å². The molecule has 0 saturated carbocycles. The SMILES string of the molecule is COc1ccc(CN2CCCN(C(=O)c3ccn(-c4ccccc4)n3)CC2)cc1. The Morgan fingerprint density at radius 1 is 0.966 bits per heavy atom. The Hall–Kier alpha value is -3.12. The van der Waals surface area contributed by atoms with Crippen molar-refractivity contribution in [3.8, 4) is 11.4 Å². The van der Waals surface area contributed by atoms with E-state index in [9.17, 15) is 4.79 Å². The minimum atomic E-state index is 0.00554. The maximum Gasteiger partial charge on any atom is 0.274 e. The van der Waals surface area contributed by atoms with Crippen molar-refractivity contribution < 1.29 is 9.53 Å². The van der Waals surface area contributed by atoms with Gasteiger partial charge in [0.2, 0.25) is 0 Å². The summed E-state index contributed by atoms with van der Waals surface area (Å²) in [6, 6.07) is 19.8. The van der Waals surface area contributed by atoms with Crippen molar-refractivity contribution in [2.75, 3.05) is 33.3 Å². The molecular weight excluding hydrogens is 364 g/mol. The Morgan fingerprint density at radius 2 is 1.76 bits per heavy atom. The monoisotopic (exact) mass is 390 g/mol. The Labute approximate surface area is 171 Å². The van der Waals surface area contributed by atoms with Gasteiger partial charge in [0.05, 0.1) is 12.8 Å². The number of ether oxygens (including phenoxy) is 1. The molecule has 1 amide bonds. The zero-order valence-electron chi connectivity index (χ0n) is 16.7. The Morgan fingerprint density at radius 3 is 2.52 bits per heavy atom. The summed E-state index contributed by atoms with van der Waals surface area (Å²) in [5.41, 5.74) is 2.71. The van der Waals surface area contributed by atoms with Gasteiger partial charge in [0, 0.05) is 38.9 Å². The lowest BCUT2D eigenvalue weighted by molar-refractivity contribution is 0.0754. The largest absolute Gasteiger partial charge is 0.497 e. The molecule has 0 radical (unpaired) electrons. The van der Waals surface area contributed by atoms with Crippen LogP contribution in [0.25, 0.3) is 5.69 Å². The summed E-state index contributed by atoms with van der Waals surface area (Å²) in [4.78, 5) is 17.3. The van der Waals surface area contributed by atoms with Crippen LogP contribution >= 0.6 is 0 Å². The zero-order chi connectivity index (χ0) is 20.1. The summed E-state index contributed by atoms with van der Waals surface area (Å²) in [5, 5.41) is 4.49. The molecule has 2 heterocycles. The standard InChI is InChI=1S/C23H26N4O2/c1-29-21-10-8-19(9-11-21)18-25-13-5-14-26(17-16-25)23(28)22-12-15-27(24-22)20-6-3-2-4-7-20/h2-4,6-12,15H,5,13-14,16-18H2,1H3. The van der Waals surface area contributed by atoms with Gasteiger partial charge in [0.25, 0.3) is 5.91 Å². The molecule has 1 aliphatic heterocycles. The van der Waals surface area contributed by atoms with Gasteiger partial charge in [0.1, 0.15) is 5.75 Å². The molecule has 150 valence electrons. The molecule has 6 heteroatoms. The fraction of sp³-hybridized carbons (Fsp3) is 0.304. The van der Waals surface area contributed by atoms with Crippen LogP contribution in [0.5, 0.6) is 5.75 Å². The number of carbonyl (C=O) groups excluding carboxylic acids is 1. The van der Waals surface area contributed by atoms with Crippen LogP contribution in [0, 0.1) is 0 Å². The third kappa shape index (κ3) is 4.66. The van der Waals surface area contributed by atoms with E-state index in [4.69, 9.17) is 4.74 Å². The highest BCUT2D eigenvalue weighted by molar-refractivity contribution is 5.92. The number of carbonyl (C=O) groups is 1. The molecule has 1 aliphatic rings. The van der Waals surface area contributed by atoms with Crippen molar-refractivity contribution in [2.45, 2.75) is 13.0 Å². The number of methoxy groups -OCH3 is 1. The van der Waals surface area contributed by atoms with Gasteiger partial charge in [-0.15, -0.1) is 0 Å². The highest BCUT2D eigenvalue weighted by Crippen LogP contribution is 2.15. The van der Waals surface area contributed by atoms with E-state index >= 15 is 0 Å². The number of rotatable bonds is 5. The van der Waals surface area contributed by atoms with Crippen LogP contribution in [0.2, 0.25) is 0 Å². The first-order valence-corrected chi connectivity index (χ1v) is 9.98. The summed E-state index contributed by atoms with van der Waals surface area (Å²) in [6.07, 6.45) is 2.80. The summed E-state index contributed by atoms with van der Waals surface area (Å²) in [5.74, 6) is 0.877. The van der Waals surface area contributed by atoms with Crippen LogP contribution in [-0.4, -0.2) is 58.8 Å². The third-order valence-corrected chi connectivity index (χ3v) is 5.27. The van der Waals surface area contributed by atoms with Crippen molar-refractivity contribution in [3.63, 3.8) is 0 Å². The van der Waals surface area contributed by atoms with Gasteiger partial charge in [-0.3, -0.25) is 9.69 Å². The van der Waals surface area contributed by atoms with E-state index in [1.165, 1.54) is 5.56 Å². The smallest absolute Gasteiger partial charge is 0.274 e. The molecule has 0 bridgehead atoms. The maximum absolute atomic E-state index is 13.0. The van der Waals surface area contributed by atoms with E-state index < -0.39 is 0 Å². The Balaban J connectivity index is 1.36. The van der Waals surface area contributed by atoms with Gasteiger partial charge < -0.3 is 9.64 Å². The van der Waals surface area contributed by atoms with E-state index in [0.717, 1.165) is 44.0 Å². The number of hydrogen-bond donors (Lipinski definition) is 0. The molecule has 0 spiro atoms. The van der Waals surface area contributed by atoms with E-state index in [0.29, 0.717) is 12.2 Å². The van der Waals surface area contributed by atoms with Gasteiger partial charge in [-0.05, 0) is 42.3 Å². The quantitative estimate of drug-likeness (QED) is 0.671. The summed E-state index contributed by atoms with van der Waals surface area (Å²) in [7, 11) is 1.68. The molecule has 2 aromatic carbocycles. The predicted molar refractivity (Wildman–Crippen MR) is 112 cm³/mol. The van der Waals surface area contributed by atoms with Crippen molar-refractivity contribution in [2.24, 2.45) is 0 Å². The van der Waals surface area contributed by atoms with Gasteiger partial charge in [0.15, 0.2) is 5.69 Å².